The van der Waals surface area contributed by atoms with Gasteiger partial charge in [0.2, 0.25) is 0 Å². The summed E-state index contributed by atoms with van der Waals surface area (Å²) in [7, 11) is 0. The zero-order chi connectivity index (χ0) is 10.0. The Morgan fingerprint density at radius 1 is 1.50 bits per heavy atom. The Morgan fingerprint density at radius 2 is 2.29 bits per heavy atom. The molecule has 0 aliphatic heterocycles. The maximum absolute atomic E-state index is 6.12. The van der Waals surface area contributed by atoms with Gasteiger partial charge in [-0.3, -0.25) is 0 Å². The van der Waals surface area contributed by atoms with Crippen LogP contribution < -0.4 is 11.1 Å². The fourth-order valence-electron chi connectivity index (χ4n) is 1.82. The lowest BCUT2D eigenvalue weighted by molar-refractivity contribution is 0.239. The van der Waals surface area contributed by atoms with Crippen molar-refractivity contribution in [2.24, 2.45) is 5.73 Å². The number of aryl methyl sites for hydroxylation is 1. The van der Waals surface area contributed by atoms with Crippen LogP contribution in [0.15, 0.2) is 10.8 Å². The minimum atomic E-state index is 0.101. The first-order chi connectivity index (χ1) is 6.70. The van der Waals surface area contributed by atoms with Gasteiger partial charge in [0.15, 0.2) is 0 Å². The molecule has 1 saturated carbocycles. The Morgan fingerprint density at radius 3 is 2.79 bits per heavy atom. The van der Waals surface area contributed by atoms with Crippen molar-refractivity contribution in [1.82, 2.24) is 5.32 Å². The molecule has 0 bridgehead atoms. The normalized spacial score (nSPS) is 19.3. The Bertz CT molecular complexity index is 302. The van der Waals surface area contributed by atoms with Crippen LogP contribution in [0.4, 0.5) is 0 Å². The fourth-order valence-corrected chi connectivity index (χ4v) is 2.68. The Labute approximate surface area is 89.5 Å². The van der Waals surface area contributed by atoms with E-state index in [1.54, 1.807) is 11.3 Å². The SMILES string of the molecule is Cc1cscc1CNCC1(N)CCC1. The molecular weight excluding hydrogens is 192 g/mol. The average Bonchev–Trinajstić information content (AvgIpc) is 2.49. The van der Waals surface area contributed by atoms with E-state index in [9.17, 15) is 0 Å². The lowest BCUT2D eigenvalue weighted by Gasteiger charge is -2.38. The van der Waals surface area contributed by atoms with Crippen LogP contribution in [0.5, 0.6) is 0 Å². The van der Waals surface area contributed by atoms with Gasteiger partial charge in [0, 0.05) is 18.6 Å². The smallest absolute Gasteiger partial charge is 0.0281 e. The zero-order valence-electron chi connectivity index (χ0n) is 8.68. The van der Waals surface area contributed by atoms with Gasteiger partial charge >= 0.3 is 0 Å². The lowest BCUT2D eigenvalue weighted by atomic mass is 9.78. The highest BCUT2D eigenvalue weighted by Gasteiger charge is 2.31. The van der Waals surface area contributed by atoms with E-state index in [0.29, 0.717) is 0 Å². The lowest BCUT2D eigenvalue weighted by Crippen LogP contribution is -2.53. The Balaban J connectivity index is 1.75. The van der Waals surface area contributed by atoms with Crippen LogP contribution in [0, 0.1) is 6.92 Å². The van der Waals surface area contributed by atoms with E-state index in [1.807, 2.05) is 0 Å². The second-order valence-corrected chi connectivity index (χ2v) is 5.14. The summed E-state index contributed by atoms with van der Waals surface area (Å²) in [6.45, 7) is 4.09. The van der Waals surface area contributed by atoms with E-state index in [4.69, 9.17) is 5.73 Å². The van der Waals surface area contributed by atoms with Gasteiger partial charge in [0.25, 0.3) is 0 Å². The summed E-state index contributed by atoms with van der Waals surface area (Å²) in [5, 5.41) is 7.86. The maximum Gasteiger partial charge on any atom is 0.0281 e. The summed E-state index contributed by atoms with van der Waals surface area (Å²) >= 11 is 1.77. The molecule has 1 aromatic rings. The molecule has 0 atom stereocenters. The number of rotatable bonds is 4. The monoisotopic (exact) mass is 210 g/mol. The first-order valence-corrected chi connectivity index (χ1v) is 6.15. The standard InChI is InChI=1S/C11H18N2S/c1-9-6-14-7-10(9)5-13-8-11(12)3-2-4-11/h6-7,13H,2-5,8,12H2,1H3. The topological polar surface area (TPSA) is 38.0 Å². The van der Waals surface area contributed by atoms with E-state index in [-0.39, 0.29) is 5.54 Å². The molecule has 0 unspecified atom stereocenters. The molecule has 1 aromatic heterocycles. The molecule has 78 valence electrons. The Hall–Kier alpha value is -0.380. The summed E-state index contributed by atoms with van der Waals surface area (Å²) < 4.78 is 0. The van der Waals surface area contributed by atoms with Crippen molar-refractivity contribution >= 4 is 11.3 Å². The van der Waals surface area contributed by atoms with Crippen molar-refractivity contribution in [2.75, 3.05) is 6.54 Å². The van der Waals surface area contributed by atoms with Gasteiger partial charge in [0.05, 0.1) is 0 Å². The van der Waals surface area contributed by atoms with Crippen molar-refractivity contribution in [3.63, 3.8) is 0 Å². The molecule has 3 N–H and O–H groups in total. The number of nitrogens with two attached hydrogens (primary N) is 1. The highest BCUT2D eigenvalue weighted by atomic mass is 32.1. The summed E-state index contributed by atoms with van der Waals surface area (Å²) in [5.41, 5.74) is 9.03. The first kappa shape index (κ1) is 10.1. The van der Waals surface area contributed by atoms with Crippen molar-refractivity contribution < 1.29 is 0 Å². The van der Waals surface area contributed by atoms with E-state index >= 15 is 0 Å². The van der Waals surface area contributed by atoms with Gasteiger partial charge in [-0.05, 0) is 48.1 Å². The highest BCUT2D eigenvalue weighted by Crippen LogP contribution is 2.28. The van der Waals surface area contributed by atoms with Gasteiger partial charge in [-0.2, -0.15) is 11.3 Å². The summed E-state index contributed by atoms with van der Waals surface area (Å²) in [6, 6.07) is 0. The van der Waals surface area contributed by atoms with Gasteiger partial charge in [-0.1, -0.05) is 0 Å². The molecular formula is C11H18N2S. The number of thiophene rings is 1. The molecule has 0 aromatic carbocycles. The van der Waals surface area contributed by atoms with Gasteiger partial charge in [-0.25, -0.2) is 0 Å². The third-order valence-electron chi connectivity index (χ3n) is 3.10. The molecule has 2 rings (SSSR count). The molecule has 0 saturated heterocycles. The first-order valence-electron chi connectivity index (χ1n) is 5.21. The van der Waals surface area contributed by atoms with Gasteiger partial charge < -0.3 is 11.1 Å². The van der Waals surface area contributed by atoms with Crippen LogP contribution in [0.25, 0.3) is 0 Å². The van der Waals surface area contributed by atoms with Crippen molar-refractivity contribution in [3.05, 3.63) is 21.9 Å². The number of hydrogen-bond acceptors (Lipinski definition) is 3. The molecule has 1 aliphatic rings. The van der Waals surface area contributed by atoms with Crippen LogP contribution in [0.1, 0.15) is 30.4 Å². The molecule has 0 radical (unpaired) electrons. The summed E-state index contributed by atoms with van der Waals surface area (Å²) in [4.78, 5) is 0. The van der Waals surface area contributed by atoms with E-state index < -0.39 is 0 Å². The van der Waals surface area contributed by atoms with E-state index in [2.05, 4.69) is 23.0 Å². The molecule has 14 heavy (non-hydrogen) atoms. The van der Waals surface area contributed by atoms with Crippen LogP contribution in [0.2, 0.25) is 0 Å². The molecule has 1 heterocycles. The maximum atomic E-state index is 6.12. The second-order valence-electron chi connectivity index (χ2n) is 4.40. The predicted octanol–water partition coefficient (Wildman–Crippen LogP) is 2.03. The van der Waals surface area contributed by atoms with Crippen LogP contribution in [0.3, 0.4) is 0 Å². The minimum absolute atomic E-state index is 0.101. The molecule has 3 heteroatoms. The molecule has 2 nitrogen and oxygen atoms in total. The minimum Gasteiger partial charge on any atom is -0.324 e. The zero-order valence-corrected chi connectivity index (χ0v) is 9.49. The molecule has 1 fully saturated rings. The summed E-state index contributed by atoms with van der Waals surface area (Å²) in [6.07, 6.45) is 3.67. The molecule has 0 spiro atoms. The largest absolute Gasteiger partial charge is 0.324 e. The quantitative estimate of drug-likeness (QED) is 0.798. The van der Waals surface area contributed by atoms with E-state index in [0.717, 1.165) is 13.1 Å². The Kier molecular flexibility index (Phi) is 2.91. The van der Waals surface area contributed by atoms with Gasteiger partial charge in [0.1, 0.15) is 0 Å². The summed E-state index contributed by atoms with van der Waals surface area (Å²) in [5.74, 6) is 0. The van der Waals surface area contributed by atoms with Crippen molar-refractivity contribution in [2.45, 2.75) is 38.3 Å². The predicted molar refractivity (Wildman–Crippen MR) is 61.5 cm³/mol. The van der Waals surface area contributed by atoms with Crippen molar-refractivity contribution in [3.8, 4) is 0 Å². The highest BCUT2D eigenvalue weighted by molar-refractivity contribution is 7.08. The number of hydrogen-bond donors (Lipinski definition) is 2. The van der Waals surface area contributed by atoms with E-state index in [1.165, 1.54) is 30.4 Å². The van der Waals surface area contributed by atoms with Crippen LogP contribution in [-0.2, 0) is 6.54 Å². The van der Waals surface area contributed by atoms with Crippen molar-refractivity contribution in [1.29, 1.82) is 0 Å². The third kappa shape index (κ3) is 2.16. The molecule has 1 aliphatic carbocycles. The second kappa shape index (κ2) is 4.01. The van der Waals surface area contributed by atoms with Crippen LogP contribution >= 0.6 is 11.3 Å². The van der Waals surface area contributed by atoms with Gasteiger partial charge in [-0.15, -0.1) is 0 Å². The number of nitrogens with one attached hydrogen (secondary N) is 1. The average molecular weight is 210 g/mol. The molecule has 0 amide bonds. The third-order valence-corrected chi connectivity index (χ3v) is 4.01. The fraction of sp³-hybridized carbons (Fsp3) is 0.636. The van der Waals surface area contributed by atoms with Crippen LogP contribution in [-0.4, -0.2) is 12.1 Å².